The fourth-order valence-electron chi connectivity index (χ4n) is 1.33. The lowest BCUT2D eigenvalue weighted by Crippen LogP contribution is -2.29. The number of para-hydroxylation sites is 1. The van der Waals surface area contributed by atoms with E-state index in [9.17, 15) is 0 Å². The molecule has 2 aromatic rings. The van der Waals surface area contributed by atoms with Crippen molar-refractivity contribution in [2.24, 2.45) is 0 Å². The quantitative estimate of drug-likeness (QED) is 0.506. The lowest BCUT2D eigenvalue weighted by molar-refractivity contribution is -0.656. The zero-order valence-corrected chi connectivity index (χ0v) is 8.42. The molecule has 0 N–H and O–H groups in total. The SMILES string of the molecule is C/C=C/C[n+]1csc2ccccc21. The second-order valence-corrected chi connectivity index (χ2v) is 3.80. The van der Waals surface area contributed by atoms with Crippen LogP contribution in [0.2, 0.25) is 0 Å². The van der Waals surface area contributed by atoms with Gasteiger partial charge in [0.1, 0.15) is 4.70 Å². The normalized spacial score (nSPS) is 11.5. The molecule has 0 aliphatic heterocycles. The van der Waals surface area contributed by atoms with Gasteiger partial charge in [0.05, 0.1) is 0 Å². The monoisotopic (exact) mass is 190 g/mol. The number of benzene rings is 1. The first-order valence-electron chi connectivity index (χ1n) is 4.38. The fraction of sp³-hybridized carbons (Fsp3) is 0.182. The van der Waals surface area contributed by atoms with Gasteiger partial charge in [0.2, 0.25) is 11.0 Å². The Morgan fingerprint density at radius 2 is 2.23 bits per heavy atom. The zero-order valence-electron chi connectivity index (χ0n) is 7.60. The number of aromatic nitrogens is 1. The minimum atomic E-state index is 0.973. The highest BCUT2D eigenvalue weighted by Gasteiger charge is 2.07. The molecule has 0 aliphatic carbocycles. The van der Waals surface area contributed by atoms with Crippen molar-refractivity contribution in [3.63, 3.8) is 0 Å². The van der Waals surface area contributed by atoms with Crippen LogP contribution < -0.4 is 4.57 Å². The highest BCUT2D eigenvalue weighted by atomic mass is 32.1. The van der Waals surface area contributed by atoms with Gasteiger partial charge in [-0.3, -0.25) is 0 Å². The molecular formula is C11H12NS+. The third kappa shape index (κ3) is 1.63. The second-order valence-electron chi connectivity index (χ2n) is 2.91. The van der Waals surface area contributed by atoms with E-state index in [1.807, 2.05) is 0 Å². The number of fused-ring (bicyclic) bond motifs is 1. The van der Waals surface area contributed by atoms with Gasteiger partial charge in [0.15, 0.2) is 6.54 Å². The van der Waals surface area contributed by atoms with Crippen LogP contribution in [0.25, 0.3) is 10.2 Å². The first-order valence-corrected chi connectivity index (χ1v) is 5.26. The number of hydrogen-bond acceptors (Lipinski definition) is 1. The summed E-state index contributed by atoms with van der Waals surface area (Å²) in [5.74, 6) is 0. The number of thiazole rings is 1. The maximum atomic E-state index is 2.26. The Bertz CT molecular complexity index is 428. The number of hydrogen-bond donors (Lipinski definition) is 0. The van der Waals surface area contributed by atoms with Gasteiger partial charge in [-0.2, -0.15) is 4.57 Å². The van der Waals surface area contributed by atoms with Crippen molar-refractivity contribution in [3.8, 4) is 0 Å². The lowest BCUT2D eigenvalue weighted by atomic mass is 10.3. The van der Waals surface area contributed by atoms with Crippen LogP contribution >= 0.6 is 11.3 Å². The van der Waals surface area contributed by atoms with Crippen LogP contribution in [-0.4, -0.2) is 0 Å². The highest BCUT2D eigenvalue weighted by molar-refractivity contribution is 7.16. The molecule has 0 amide bonds. The van der Waals surface area contributed by atoms with Crippen molar-refractivity contribution < 1.29 is 4.57 Å². The lowest BCUT2D eigenvalue weighted by Gasteiger charge is -1.87. The Labute approximate surface area is 82.0 Å². The molecule has 2 rings (SSSR count). The van der Waals surface area contributed by atoms with Crippen molar-refractivity contribution in [1.29, 1.82) is 0 Å². The Hall–Kier alpha value is -1.15. The summed E-state index contributed by atoms with van der Waals surface area (Å²) in [6, 6.07) is 8.49. The molecule has 0 atom stereocenters. The van der Waals surface area contributed by atoms with Crippen molar-refractivity contribution in [2.45, 2.75) is 13.5 Å². The largest absolute Gasteiger partial charge is 0.226 e. The van der Waals surface area contributed by atoms with Gasteiger partial charge >= 0.3 is 0 Å². The van der Waals surface area contributed by atoms with Crippen molar-refractivity contribution in [3.05, 3.63) is 41.9 Å². The number of rotatable bonds is 2. The summed E-state index contributed by atoms with van der Waals surface area (Å²) in [6.07, 6.45) is 4.25. The topological polar surface area (TPSA) is 3.88 Å². The van der Waals surface area contributed by atoms with Gasteiger partial charge in [-0.05, 0) is 19.1 Å². The summed E-state index contributed by atoms with van der Waals surface area (Å²) in [5.41, 5.74) is 3.50. The number of allylic oxidation sites excluding steroid dienone is 2. The highest BCUT2D eigenvalue weighted by Crippen LogP contribution is 2.14. The Balaban J connectivity index is 2.45. The van der Waals surface area contributed by atoms with Crippen LogP contribution in [0.1, 0.15) is 6.92 Å². The maximum Gasteiger partial charge on any atom is 0.226 e. The molecule has 2 heteroatoms. The van der Waals surface area contributed by atoms with Crippen LogP contribution in [0.3, 0.4) is 0 Å². The summed E-state index contributed by atoms with van der Waals surface area (Å²) in [5, 5.41) is 0. The molecule has 0 spiro atoms. The third-order valence-corrected chi connectivity index (χ3v) is 2.98. The average molecular weight is 190 g/mol. The van der Waals surface area contributed by atoms with Gasteiger partial charge in [0.25, 0.3) is 0 Å². The van der Waals surface area contributed by atoms with E-state index in [-0.39, 0.29) is 0 Å². The summed E-state index contributed by atoms with van der Waals surface area (Å²) in [4.78, 5) is 0. The first-order chi connectivity index (χ1) is 6.42. The van der Waals surface area contributed by atoms with Crippen LogP contribution in [0.15, 0.2) is 41.9 Å². The van der Waals surface area contributed by atoms with Crippen molar-refractivity contribution in [1.82, 2.24) is 0 Å². The van der Waals surface area contributed by atoms with Crippen LogP contribution in [0, 0.1) is 0 Å². The molecule has 1 aromatic carbocycles. The van der Waals surface area contributed by atoms with Gasteiger partial charge in [-0.25, -0.2) is 0 Å². The van der Waals surface area contributed by atoms with Gasteiger partial charge in [0, 0.05) is 6.07 Å². The Kier molecular flexibility index (Phi) is 2.41. The molecule has 1 heterocycles. The minimum absolute atomic E-state index is 0.973. The van der Waals surface area contributed by atoms with Crippen molar-refractivity contribution in [2.75, 3.05) is 0 Å². The van der Waals surface area contributed by atoms with Crippen molar-refractivity contribution >= 4 is 21.6 Å². The van der Waals surface area contributed by atoms with Crippen LogP contribution in [-0.2, 0) is 6.54 Å². The summed E-state index contributed by atoms with van der Waals surface area (Å²) in [6.45, 7) is 3.02. The molecule has 1 aromatic heterocycles. The summed E-state index contributed by atoms with van der Waals surface area (Å²) < 4.78 is 3.62. The molecule has 13 heavy (non-hydrogen) atoms. The molecule has 0 unspecified atom stereocenters. The average Bonchev–Trinajstić information content (AvgIpc) is 2.58. The van der Waals surface area contributed by atoms with Crippen LogP contribution in [0.4, 0.5) is 0 Å². The van der Waals surface area contributed by atoms with E-state index in [0.717, 1.165) is 6.54 Å². The van der Waals surface area contributed by atoms with Gasteiger partial charge < -0.3 is 0 Å². The van der Waals surface area contributed by atoms with E-state index in [1.165, 1.54) is 10.2 Å². The predicted octanol–water partition coefficient (Wildman–Crippen LogP) is 2.76. The van der Waals surface area contributed by atoms with E-state index in [1.54, 1.807) is 11.3 Å². The fourth-order valence-corrected chi connectivity index (χ4v) is 2.24. The van der Waals surface area contributed by atoms with Gasteiger partial charge in [-0.1, -0.05) is 29.5 Å². The predicted molar refractivity (Wildman–Crippen MR) is 56.8 cm³/mol. The molecule has 0 saturated carbocycles. The Morgan fingerprint density at radius 3 is 3.08 bits per heavy atom. The molecule has 0 saturated heterocycles. The smallest absolute Gasteiger partial charge is 0.185 e. The molecule has 0 aliphatic rings. The molecule has 1 nitrogen and oxygen atoms in total. The molecular weight excluding hydrogens is 178 g/mol. The summed E-state index contributed by atoms with van der Waals surface area (Å²) >= 11 is 1.79. The van der Waals surface area contributed by atoms with E-state index in [0.29, 0.717) is 0 Å². The van der Waals surface area contributed by atoms with E-state index in [2.05, 4.69) is 53.4 Å². The Morgan fingerprint density at radius 1 is 1.38 bits per heavy atom. The second kappa shape index (κ2) is 3.71. The third-order valence-electron chi connectivity index (χ3n) is 2.02. The zero-order chi connectivity index (χ0) is 9.10. The van der Waals surface area contributed by atoms with E-state index < -0.39 is 0 Å². The number of nitrogens with zero attached hydrogens (tertiary/aromatic N) is 1. The van der Waals surface area contributed by atoms with E-state index in [4.69, 9.17) is 0 Å². The maximum absolute atomic E-state index is 2.26. The van der Waals surface area contributed by atoms with Gasteiger partial charge in [-0.15, -0.1) is 0 Å². The summed E-state index contributed by atoms with van der Waals surface area (Å²) in [7, 11) is 0. The first kappa shape index (κ1) is 8.45. The van der Waals surface area contributed by atoms with E-state index >= 15 is 0 Å². The molecule has 0 radical (unpaired) electrons. The van der Waals surface area contributed by atoms with Crippen LogP contribution in [0.5, 0.6) is 0 Å². The molecule has 0 bridgehead atoms. The molecule has 66 valence electrons. The minimum Gasteiger partial charge on any atom is -0.185 e. The standard InChI is InChI=1S/C11H12NS/c1-2-3-8-12-9-13-11-7-5-4-6-10(11)12/h2-7,9H,8H2,1H3/q+1/b3-2+. The molecule has 0 fully saturated rings.